The van der Waals surface area contributed by atoms with Crippen LogP contribution in [0.15, 0.2) is 23.3 Å². The molecule has 0 aliphatic heterocycles. The first-order valence-corrected chi connectivity index (χ1v) is 6.27. The quantitative estimate of drug-likeness (QED) is 0.685. The number of nitrogens with two attached hydrogens (primary N) is 1. The molecule has 0 bridgehead atoms. The Bertz CT molecular complexity index is 695. The molecular formula is C13H17N5O2. The van der Waals surface area contributed by atoms with E-state index in [4.69, 9.17) is 5.73 Å². The number of carbonyl (C=O) groups is 1. The number of H-pyrrole nitrogens is 1. The third-order valence-electron chi connectivity index (χ3n) is 2.95. The first-order chi connectivity index (χ1) is 9.52. The Kier molecular flexibility index (Phi) is 3.88. The van der Waals surface area contributed by atoms with Gasteiger partial charge in [0.25, 0.3) is 5.56 Å². The number of likely N-dealkylation sites (N-methyl/N-ethyl adjacent to an activating group) is 2. The average Bonchev–Trinajstić information content (AvgIpc) is 2.39. The van der Waals surface area contributed by atoms with Crippen molar-refractivity contribution < 1.29 is 4.79 Å². The maximum Gasteiger partial charge on any atom is 0.258 e. The molecule has 0 aliphatic carbocycles. The summed E-state index contributed by atoms with van der Waals surface area (Å²) in [6, 6.07) is 3.28. The van der Waals surface area contributed by atoms with Crippen LogP contribution in [0.5, 0.6) is 0 Å². The molecule has 0 fully saturated rings. The van der Waals surface area contributed by atoms with Crippen molar-refractivity contribution >= 4 is 28.2 Å². The molecule has 0 saturated heterocycles. The average molecular weight is 275 g/mol. The van der Waals surface area contributed by atoms with Crippen molar-refractivity contribution in [1.82, 2.24) is 15.3 Å². The van der Waals surface area contributed by atoms with E-state index in [1.165, 1.54) is 6.33 Å². The summed E-state index contributed by atoms with van der Waals surface area (Å²) in [6.45, 7) is 2.63. The fraction of sp³-hybridized carbons (Fsp3) is 0.308. The second-order valence-electron chi connectivity index (χ2n) is 4.47. The van der Waals surface area contributed by atoms with Crippen LogP contribution >= 0.6 is 0 Å². The number of anilines is 2. The van der Waals surface area contributed by atoms with Crippen LogP contribution in [0.1, 0.15) is 6.92 Å². The minimum absolute atomic E-state index is 0.0895. The number of nitrogen functional groups attached to an aromatic ring is 1. The first kappa shape index (κ1) is 13.9. The molecular weight excluding hydrogens is 258 g/mol. The topological polar surface area (TPSA) is 104 Å². The summed E-state index contributed by atoms with van der Waals surface area (Å²) < 4.78 is 0. The molecule has 20 heavy (non-hydrogen) atoms. The summed E-state index contributed by atoms with van der Waals surface area (Å²) in [6.07, 6.45) is 1.34. The number of aromatic nitrogens is 2. The maximum atomic E-state index is 11.6. The number of fused-ring (bicyclic) bond motifs is 1. The van der Waals surface area contributed by atoms with Gasteiger partial charge in [-0.3, -0.25) is 9.59 Å². The zero-order valence-corrected chi connectivity index (χ0v) is 11.4. The monoisotopic (exact) mass is 275 g/mol. The van der Waals surface area contributed by atoms with Crippen molar-refractivity contribution in [3.8, 4) is 0 Å². The van der Waals surface area contributed by atoms with Crippen molar-refractivity contribution in [2.24, 2.45) is 0 Å². The van der Waals surface area contributed by atoms with E-state index in [1.54, 1.807) is 24.1 Å². The Morgan fingerprint density at radius 2 is 2.25 bits per heavy atom. The fourth-order valence-corrected chi connectivity index (χ4v) is 2.01. The molecule has 0 atom stereocenters. The lowest BCUT2D eigenvalue weighted by Crippen LogP contribution is -2.35. The molecule has 7 nitrogen and oxygen atoms in total. The third kappa shape index (κ3) is 2.71. The summed E-state index contributed by atoms with van der Waals surface area (Å²) in [5.74, 6) is -0.0895. The Balaban J connectivity index is 2.37. The van der Waals surface area contributed by atoms with E-state index in [0.717, 1.165) is 0 Å². The fourth-order valence-electron chi connectivity index (χ4n) is 2.01. The van der Waals surface area contributed by atoms with E-state index in [9.17, 15) is 9.59 Å². The van der Waals surface area contributed by atoms with E-state index in [-0.39, 0.29) is 18.0 Å². The van der Waals surface area contributed by atoms with E-state index in [1.807, 2.05) is 6.92 Å². The van der Waals surface area contributed by atoms with Gasteiger partial charge in [0.2, 0.25) is 5.91 Å². The Morgan fingerprint density at radius 1 is 1.50 bits per heavy atom. The van der Waals surface area contributed by atoms with E-state index < -0.39 is 0 Å². The number of nitrogens with zero attached hydrogens (tertiary/aromatic N) is 2. The van der Waals surface area contributed by atoms with Crippen LogP contribution in [0.4, 0.5) is 11.4 Å². The number of amides is 1. The van der Waals surface area contributed by atoms with Gasteiger partial charge in [-0.25, -0.2) is 4.98 Å². The van der Waals surface area contributed by atoms with Crippen molar-refractivity contribution in [2.75, 3.05) is 30.8 Å². The normalized spacial score (nSPS) is 10.5. The summed E-state index contributed by atoms with van der Waals surface area (Å²) in [4.78, 5) is 31.6. The number of benzene rings is 1. The number of hydrogen-bond donors (Lipinski definition) is 3. The molecule has 106 valence electrons. The van der Waals surface area contributed by atoms with Gasteiger partial charge in [-0.05, 0) is 19.1 Å². The summed E-state index contributed by atoms with van der Waals surface area (Å²) in [7, 11) is 1.76. The molecule has 2 rings (SSSR count). The van der Waals surface area contributed by atoms with Crippen LogP contribution in [0.3, 0.4) is 0 Å². The summed E-state index contributed by atoms with van der Waals surface area (Å²) in [5, 5.41) is 3.15. The van der Waals surface area contributed by atoms with Crippen molar-refractivity contribution in [1.29, 1.82) is 0 Å². The minimum atomic E-state index is -0.236. The molecule has 0 saturated carbocycles. The van der Waals surface area contributed by atoms with Crippen LogP contribution in [-0.4, -0.2) is 36.0 Å². The molecule has 1 aromatic carbocycles. The predicted octanol–water partition coefficient (Wildman–Crippen LogP) is 0.0776. The molecule has 1 amide bonds. The lowest BCUT2D eigenvalue weighted by molar-refractivity contribution is -0.119. The van der Waals surface area contributed by atoms with E-state index in [2.05, 4.69) is 15.3 Å². The van der Waals surface area contributed by atoms with Crippen molar-refractivity contribution in [3.05, 3.63) is 28.8 Å². The van der Waals surface area contributed by atoms with Gasteiger partial charge in [0.05, 0.1) is 35.1 Å². The van der Waals surface area contributed by atoms with Crippen LogP contribution in [0, 0.1) is 0 Å². The molecule has 0 unspecified atom stereocenters. The molecule has 1 aromatic heterocycles. The molecule has 2 aromatic rings. The Morgan fingerprint density at radius 3 is 2.95 bits per heavy atom. The summed E-state index contributed by atoms with van der Waals surface area (Å²) in [5.41, 5.74) is 7.36. The molecule has 0 spiro atoms. The predicted molar refractivity (Wildman–Crippen MR) is 78.7 cm³/mol. The second-order valence-corrected chi connectivity index (χ2v) is 4.47. The smallest absolute Gasteiger partial charge is 0.258 e. The highest BCUT2D eigenvalue weighted by Gasteiger charge is 2.12. The Hall–Kier alpha value is -2.57. The van der Waals surface area contributed by atoms with E-state index in [0.29, 0.717) is 28.8 Å². The van der Waals surface area contributed by atoms with Gasteiger partial charge >= 0.3 is 0 Å². The van der Waals surface area contributed by atoms with Crippen LogP contribution in [-0.2, 0) is 4.79 Å². The van der Waals surface area contributed by atoms with Crippen LogP contribution < -0.4 is 21.5 Å². The number of carbonyl (C=O) groups excluding carboxylic acids is 1. The number of rotatable bonds is 4. The zero-order valence-electron chi connectivity index (χ0n) is 11.4. The Labute approximate surface area is 115 Å². The molecule has 7 heteroatoms. The van der Waals surface area contributed by atoms with Crippen LogP contribution in [0.2, 0.25) is 0 Å². The van der Waals surface area contributed by atoms with Crippen molar-refractivity contribution in [3.63, 3.8) is 0 Å². The molecule has 4 N–H and O–H groups in total. The highest BCUT2D eigenvalue weighted by Crippen LogP contribution is 2.25. The standard InChI is InChI=1S/C13H17N5O2/c1-3-15-12(19)6-18(2)11-5-10-8(4-9(11)14)13(20)17-7-16-10/h4-5,7H,3,6,14H2,1-2H3,(H,15,19)(H,16,17,20). The third-order valence-corrected chi connectivity index (χ3v) is 2.95. The molecule has 0 radical (unpaired) electrons. The van der Waals surface area contributed by atoms with Gasteiger partial charge in [0.15, 0.2) is 0 Å². The largest absolute Gasteiger partial charge is 0.397 e. The van der Waals surface area contributed by atoms with Gasteiger partial charge in [0.1, 0.15) is 0 Å². The van der Waals surface area contributed by atoms with Gasteiger partial charge in [-0.1, -0.05) is 0 Å². The number of hydrogen-bond acceptors (Lipinski definition) is 5. The lowest BCUT2D eigenvalue weighted by Gasteiger charge is -2.20. The second kappa shape index (κ2) is 5.60. The van der Waals surface area contributed by atoms with E-state index >= 15 is 0 Å². The maximum absolute atomic E-state index is 11.6. The van der Waals surface area contributed by atoms with Gasteiger partial charge in [0, 0.05) is 13.6 Å². The highest BCUT2D eigenvalue weighted by atomic mass is 16.2. The van der Waals surface area contributed by atoms with Crippen molar-refractivity contribution in [2.45, 2.75) is 6.92 Å². The molecule has 1 heterocycles. The molecule has 0 aliphatic rings. The zero-order chi connectivity index (χ0) is 14.7. The lowest BCUT2D eigenvalue weighted by atomic mass is 10.2. The van der Waals surface area contributed by atoms with Gasteiger partial charge in [-0.2, -0.15) is 0 Å². The SMILES string of the molecule is CCNC(=O)CN(C)c1cc2nc[nH]c(=O)c2cc1N. The highest BCUT2D eigenvalue weighted by molar-refractivity contribution is 5.90. The van der Waals surface area contributed by atoms with Gasteiger partial charge in [-0.15, -0.1) is 0 Å². The van der Waals surface area contributed by atoms with Gasteiger partial charge < -0.3 is 20.9 Å². The van der Waals surface area contributed by atoms with Crippen LogP contribution in [0.25, 0.3) is 10.9 Å². The minimum Gasteiger partial charge on any atom is -0.397 e. The number of nitrogens with one attached hydrogen (secondary N) is 2. The number of aromatic amines is 1. The summed E-state index contributed by atoms with van der Waals surface area (Å²) >= 11 is 0. The first-order valence-electron chi connectivity index (χ1n) is 6.27.